The first kappa shape index (κ1) is 15.0. The number of carbonyl (C=O) groups excluding carboxylic acids is 1. The lowest BCUT2D eigenvalue weighted by Crippen LogP contribution is -2.20. The molecule has 0 N–H and O–H groups in total. The molecule has 0 spiro atoms. The highest BCUT2D eigenvalue weighted by Gasteiger charge is 2.26. The standard InChI is InChI=1S/C16H26O2/c1-6-15(17)18-13(3)9-10-14-12(2)8-7-11-16(14,4)5/h8,10,13H,6-7,9,11H2,1-5H3/b14-10+/t13-/m1/s1. The summed E-state index contributed by atoms with van der Waals surface area (Å²) < 4.78 is 5.29. The number of allylic oxidation sites excluding steroid dienone is 3. The highest BCUT2D eigenvalue weighted by Crippen LogP contribution is 2.40. The Bertz CT molecular complexity index is 361. The van der Waals surface area contributed by atoms with E-state index < -0.39 is 0 Å². The number of hydrogen-bond acceptors (Lipinski definition) is 2. The Morgan fingerprint density at radius 3 is 2.78 bits per heavy atom. The summed E-state index contributed by atoms with van der Waals surface area (Å²) >= 11 is 0. The number of hydrogen-bond donors (Lipinski definition) is 0. The van der Waals surface area contributed by atoms with Crippen molar-refractivity contribution in [2.75, 3.05) is 0 Å². The highest BCUT2D eigenvalue weighted by atomic mass is 16.5. The molecule has 0 fully saturated rings. The van der Waals surface area contributed by atoms with E-state index in [1.807, 2.05) is 13.8 Å². The van der Waals surface area contributed by atoms with Crippen LogP contribution < -0.4 is 0 Å². The average molecular weight is 250 g/mol. The average Bonchev–Trinajstić information content (AvgIpc) is 2.27. The topological polar surface area (TPSA) is 26.3 Å². The summed E-state index contributed by atoms with van der Waals surface area (Å²) in [4.78, 5) is 11.2. The molecule has 0 amide bonds. The Kier molecular flexibility index (Phi) is 5.18. The zero-order chi connectivity index (χ0) is 13.8. The third-order valence-electron chi connectivity index (χ3n) is 3.65. The van der Waals surface area contributed by atoms with E-state index in [0.29, 0.717) is 6.42 Å². The number of esters is 1. The molecule has 0 aliphatic heterocycles. The molecule has 102 valence electrons. The second kappa shape index (κ2) is 6.21. The Balaban J connectivity index is 2.67. The van der Waals surface area contributed by atoms with Gasteiger partial charge in [-0.15, -0.1) is 0 Å². The maximum absolute atomic E-state index is 11.2. The van der Waals surface area contributed by atoms with E-state index in [9.17, 15) is 4.79 Å². The van der Waals surface area contributed by atoms with Crippen molar-refractivity contribution in [1.82, 2.24) is 0 Å². The molecule has 1 aliphatic rings. The summed E-state index contributed by atoms with van der Waals surface area (Å²) in [6, 6.07) is 0. The fourth-order valence-corrected chi connectivity index (χ4v) is 2.50. The molecule has 1 rings (SSSR count). The van der Waals surface area contributed by atoms with Gasteiger partial charge in [0.15, 0.2) is 0 Å². The van der Waals surface area contributed by atoms with Gasteiger partial charge in [0.2, 0.25) is 0 Å². The predicted molar refractivity (Wildman–Crippen MR) is 75.3 cm³/mol. The van der Waals surface area contributed by atoms with Gasteiger partial charge in [0.25, 0.3) is 0 Å². The summed E-state index contributed by atoms with van der Waals surface area (Å²) in [5.41, 5.74) is 3.03. The van der Waals surface area contributed by atoms with Crippen LogP contribution >= 0.6 is 0 Å². The van der Waals surface area contributed by atoms with Crippen LogP contribution in [0.25, 0.3) is 0 Å². The third-order valence-corrected chi connectivity index (χ3v) is 3.65. The van der Waals surface area contributed by atoms with Crippen LogP contribution in [0.1, 0.15) is 60.3 Å². The molecule has 1 aliphatic carbocycles. The van der Waals surface area contributed by atoms with E-state index >= 15 is 0 Å². The van der Waals surface area contributed by atoms with Crippen LogP contribution in [0.2, 0.25) is 0 Å². The van der Waals surface area contributed by atoms with Gasteiger partial charge in [-0.3, -0.25) is 4.79 Å². The minimum absolute atomic E-state index is 0.0320. The first-order valence-corrected chi connectivity index (χ1v) is 6.94. The summed E-state index contributed by atoms with van der Waals surface area (Å²) in [6.07, 6.45) is 8.13. The van der Waals surface area contributed by atoms with E-state index in [1.165, 1.54) is 17.6 Å². The zero-order valence-electron chi connectivity index (χ0n) is 12.4. The minimum Gasteiger partial charge on any atom is -0.462 e. The van der Waals surface area contributed by atoms with Gasteiger partial charge in [-0.25, -0.2) is 0 Å². The fraction of sp³-hybridized carbons (Fsp3) is 0.688. The number of ether oxygens (including phenoxy) is 1. The summed E-state index contributed by atoms with van der Waals surface area (Å²) in [5, 5.41) is 0. The molecule has 18 heavy (non-hydrogen) atoms. The molecular formula is C16H26O2. The molecule has 1 atom stereocenters. The number of carbonyl (C=O) groups is 1. The van der Waals surface area contributed by atoms with Gasteiger partial charge < -0.3 is 4.74 Å². The van der Waals surface area contributed by atoms with Gasteiger partial charge in [-0.05, 0) is 37.7 Å². The molecule has 2 nitrogen and oxygen atoms in total. The van der Waals surface area contributed by atoms with Gasteiger partial charge in [0.05, 0.1) is 0 Å². The van der Waals surface area contributed by atoms with Gasteiger partial charge >= 0.3 is 5.97 Å². The Labute approximate surface area is 111 Å². The molecule has 0 aromatic heterocycles. The van der Waals surface area contributed by atoms with E-state index in [2.05, 4.69) is 32.9 Å². The van der Waals surface area contributed by atoms with E-state index in [-0.39, 0.29) is 17.5 Å². The van der Waals surface area contributed by atoms with Gasteiger partial charge in [0, 0.05) is 12.8 Å². The maximum Gasteiger partial charge on any atom is 0.305 e. The van der Waals surface area contributed by atoms with Crippen LogP contribution in [-0.4, -0.2) is 12.1 Å². The molecule has 0 bridgehead atoms. The van der Waals surface area contributed by atoms with E-state index in [1.54, 1.807) is 0 Å². The lowest BCUT2D eigenvalue weighted by Gasteiger charge is -2.32. The second-order valence-electron chi connectivity index (χ2n) is 5.82. The Hall–Kier alpha value is -1.05. The minimum atomic E-state index is -0.115. The van der Waals surface area contributed by atoms with Crippen molar-refractivity contribution >= 4 is 5.97 Å². The van der Waals surface area contributed by atoms with Gasteiger partial charge in [-0.1, -0.05) is 38.5 Å². The molecule has 0 aromatic carbocycles. The van der Waals surface area contributed by atoms with Crippen molar-refractivity contribution in [2.45, 2.75) is 66.4 Å². The largest absolute Gasteiger partial charge is 0.462 e. The van der Waals surface area contributed by atoms with Crippen LogP contribution in [0, 0.1) is 5.41 Å². The number of rotatable bonds is 4. The van der Waals surface area contributed by atoms with Crippen LogP contribution in [-0.2, 0) is 9.53 Å². The molecule has 0 aromatic rings. The normalized spacial score (nSPS) is 22.5. The maximum atomic E-state index is 11.2. The van der Waals surface area contributed by atoms with Crippen molar-refractivity contribution < 1.29 is 9.53 Å². The Morgan fingerprint density at radius 1 is 1.56 bits per heavy atom. The lowest BCUT2D eigenvalue weighted by molar-refractivity contribution is -0.147. The first-order valence-electron chi connectivity index (χ1n) is 6.94. The molecule has 2 heteroatoms. The van der Waals surface area contributed by atoms with Gasteiger partial charge in [-0.2, -0.15) is 0 Å². The lowest BCUT2D eigenvalue weighted by atomic mass is 9.73. The van der Waals surface area contributed by atoms with Crippen LogP contribution in [0.3, 0.4) is 0 Å². The van der Waals surface area contributed by atoms with Crippen LogP contribution in [0.5, 0.6) is 0 Å². The Morgan fingerprint density at radius 2 is 2.22 bits per heavy atom. The summed E-state index contributed by atoms with van der Waals surface area (Å²) in [7, 11) is 0. The summed E-state index contributed by atoms with van der Waals surface area (Å²) in [6.45, 7) is 10.5. The molecule has 0 unspecified atom stereocenters. The van der Waals surface area contributed by atoms with Crippen molar-refractivity contribution in [1.29, 1.82) is 0 Å². The molecule has 0 radical (unpaired) electrons. The van der Waals surface area contributed by atoms with Crippen molar-refractivity contribution in [2.24, 2.45) is 5.41 Å². The summed E-state index contributed by atoms with van der Waals surface area (Å²) in [5.74, 6) is -0.115. The van der Waals surface area contributed by atoms with E-state index in [4.69, 9.17) is 4.74 Å². The second-order valence-corrected chi connectivity index (χ2v) is 5.82. The molecular weight excluding hydrogens is 224 g/mol. The monoisotopic (exact) mass is 250 g/mol. The fourth-order valence-electron chi connectivity index (χ4n) is 2.50. The van der Waals surface area contributed by atoms with Crippen molar-refractivity contribution in [3.63, 3.8) is 0 Å². The van der Waals surface area contributed by atoms with Gasteiger partial charge in [0.1, 0.15) is 6.10 Å². The molecule has 0 saturated heterocycles. The zero-order valence-corrected chi connectivity index (χ0v) is 12.4. The quantitative estimate of drug-likeness (QED) is 0.691. The molecule has 0 saturated carbocycles. The van der Waals surface area contributed by atoms with E-state index in [0.717, 1.165) is 12.8 Å². The van der Waals surface area contributed by atoms with Crippen molar-refractivity contribution in [3.8, 4) is 0 Å². The first-order chi connectivity index (χ1) is 8.36. The predicted octanol–water partition coefficient (Wildman–Crippen LogP) is 4.41. The smallest absolute Gasteiger partial charge is 0.305 e. The highest BCUT2D eigenvalue weighted by molar-refractivity contribution is 5.69. The van der Waals surface area contributed by atoms with Crippen molar-refractivity contribution in [3.05, 3.63) is 23.3 Å². The van der Waals surface area contributed by atoms with Crippen LogP contribution in [0.4, 0.5) is 0 Å². The third kappa shape index (κ3) is 4.01. The SMILES string of the molecule is CCC(=O)O[C@H](C)C/C=C1\C(C)=CCCC1(C)C. The van der Waals surface area contributed by atoms with Crippen LogP contribution in [0.15, 0.2) is 23.3 Å². The molecule has 0 heterocycles.